The van der Waals surface area contributed by atoms with Gasteiger partial charge in [0.1, 0.15) is 0 Å². The largest absolute Gasteiger partial charge is 0.295 e. The van der Waals surface area contributed by atoms with Crippen molar-refractivity contribution < 1.29 is 4.79 Å². The molecular weight excluding hydrogens is 244 g/mol. The van der Waals surface area contributed by atoms with Crippen LogP contribution in [0.5, 0.6) is 0 Å². The van der Waals surface area contributed by atoms with E-state index in [4.69, 9.17) is 0 Å². The molecule has 0 unspecified atom stereocenters. The first-order valence-electron chi connectivity index (χ1n) is 8.78. The normalized spacial score (nSPS) is 51.0. The van der Waals surface area contributed by atoms with Crippen LogP contribution in [-0.4, -0.2) is 5.78 Å². The Balaban J connectivity index is 1.73. The zero-order chi connectivity index (χ0) is 14.0. The fourth-order valence-electron chi connectivity index (χ4n) is 6.59. The fraction of sp³-hybridized carbons (Fsp3) is 0.842. The highest BCUT2D eigenvalue weighted by Crippen LogP contribution is 2.64. The molecule has 4 aliphatic rings. The molecule has 3 fully saturated rings. The smallest absolute Gasteiger partial charge is 0.159 e. The molecule has 0 radical (unpaired) electrons. The summed E-state index contributed by atoms with van der Waals surface area (Å²) in [6.45, 7) is 4.97. The monoisotopic (exact) mass is 272 g/mol. The van der Waals surface area contributed by atoms with Crippen LogP contribution in [0.1, 0.15) is 71.6 Å². The van der Waals surface area contributed by atoms with Crippen molar-refractivity contribution in [2.24, 2.45) is 28.6 Å². The average molecular weight is 272 g/mol. The van der Waals surface area contributed by atoms with Gasteiger partial charge in [0, 0.05) is 6.42 Å². The molecule has 4 aliphatic carbocycles. The van der Waals surface area contributed by atoms with E-state index in [-0.39, 0.29) is 5.41 Å². The highest BCUT2D eigenvalue weighted by atomic mass is 16.1. The van der Waals surface area contributed by atoms with E-state index in [2.05, 4.69) is 19.9 Å². The van der Waals surface area contributed by atoms with E-state index in [9.17, 15) is 4.79 Å². The molecule has 0 aromatic heterocycles. The van der Waals surface area contributed by atoms with Crippen molar-refractivity contribution in [1.29, 1.82) is 0 Å². The summed E-state index contributed by atoms with van der Waals surface area (Å²) in [7, 11) is 0. The molecule has 110 valence electrons. The lowest BCUT2D eigenvalue weighted by molar-refractivity contribution is -0.121. The molecule has 1 heteroatoms. The number of allylic oxidation sites excluding steroid dienone is 2. The summed E-state index contributed by atoms with van der Waals surface area (Å²) >= 11 is 0. The van der Waals surface area contributed by atoms with Gasteiger partial charge in [-0.25, -0.2) is 0 Å². The van der Waals surface area contributed by atoms with Crippen molar-refractivity contribution in [3.8, 4) is 0 Å². The Kier molecular flexibility index (Phi) is 2.76. The van der Waals surface area contributed by atoms with Gasteiger partial charge in [-0.15, -0.1) is 0 Å². The van der Waals surface area contributed by atoms with Crippen LogP contribution in [0.4, 0.5) is 0 Å². The van der Waals surface area contributed by atoms with E-state index in [0.717, 1.165) is 30.6 Å². The van der Waals surface area contributed by atoms with Crippen molar-refractivity contribution in [2.45, 2.75) is 71.6 Å². The minimum Gasteiger partial charge on any atom is -0.295 e. The van der Waals surface area contributed by atoms with Gasteiger partial charge in [-0.1, -0.05) is 26.3 Å². The molecule has 0 amide bonds. The molecular formula is C19H28O. The van der Waals surface area contributed by atoms with Crippen LogP contribution < -0.4 is 0 Å². The lowest BCUT2D eigenvalue weighted by Crippen LogP contribution is -2.49. The van der Waals surface area contributed by atoms with Crippen molar-refractivity contribution >= 4 is 5.78 Å². The van der Waals surface area contributed by atoms with Gasteiger partial charge < -0.3 is 0 Å². The van der Waals surface area contributed by atoms with E-state index in [1.165, 1.54) is 50.5 Å². The predicted octanol–water partition coefficient (Wildman–Crippen LogP) is 4.91. The minimum absolute atomic E-state index is 0.224. The van der Waals surface area contributed by atoms with E-state index >= 15 is 0 Å². The molecule has 0 bridgehead atoms. The van der Waals surface area contributed by atoms with Crippen molar-refractivity contribution in [2.75, 3.05) is 0 Å². The van der Waals surface area contributed by atoms with Gasteiger partial charge in [-0.2, -0.15) is 0 Å². The van der Waals surface area contributed by atoms with Crippen LogP contribution >= 0.6 is 0 Å². The van der Waals surface area contributed by atoms with Crippen LogP contribution in [0.15, 0.2) is 11.6 Å². The quantitative estimate of drug-likeness (QED) is 0.612. The number of rotatable bonds is 0. The third kappa shape index (κ3) is 1.58. The van der Waals surface area contributed by atoms with Gasteiger partial charge in [0.2, 0.25) is 0 Å². The third-order valence-corrected chi connectivity index (χ3v) is 7.65. The number of carbonyl (C=O) groups is 1. The van der Waals surface area contributed by atoms with Gasteiger partial charge >= 0.3 is 0 Å². The summed E-state index contributed by atoms with van der Waals surface area (Å²) in [6, 6.07) is 0. The van der Waals surface area contributed by atoms with E-state index in [1.807, 2.05) is 0 Å². The molecule has 1 nitrogen and oxygen atoms in total. The Hall–Kier alpha value is -0.590. The lowest BCUT2D eigenvalue weighted by Gasteiger charge is -2.56. The number of ketones is 1. The Morgan fingerprint density at radius 2 is 1.90 bits per heavy atom. The summed E-state index contributed by atoms with van der Waals surface area (Å²) in [6.07, 6.45) is 13.9. The molecule has 5 atom stereocenters. The number of hydrogen-bond acceptors (Lipinski definition) is 1. The molecule has 0 aromatic carbocycles. The van der Waals surface area contributed by atoms with Crippen LogP contribution in [0.2, 0.25) is 0 Å². The number of hydrogen-bond donors (Lipinski definition) is 0. The first kappa shape index (κ1) is 13.1. The molecule has 4 rings (SSSR count). The average Bonchev–Trinajstić information content (AvgIpc) is 2.80. The maximum absolute atomic E-state index is 12.3. The molecule has 0 spiro atoms. The SMILES string of the molecule is C[C@@]12CCC[C@H]1[C@@H]1CC=C3C(=O)CCC[C@]3(C)[C@H]1CC2. The van der Waals surface area contributed by atoms with Crippen LogP contribution in [0.25, 0.3) is 0 Å². The molecule has 0 heterocycles. The number of Topliss-reactive ketones (excluding diaryl/α,β-unsaturated/α-hetero) is 1. The number of carbonyl (C=O) groups excluding carboxylic acids is 1. The standard InChI is InChI=1S/C19H28O/c1-18-10-3-5-14(18)13-7-8-16-17(20)6-4-11-19(16,2)15(13)9-12-18/h8,13-15H,3-7,9-12H2,1-2H3/t13-,14-,15-,18-,19+/m0/s1. The summed E-state index contributed by atoms with van der Waals surface area (Å²) in [5, 5.41) is 0. The third-order valence-electron chi connectivity index (χ3n) is 7.65. The summed E-state index contributed by atoms with van der Waals surface area (Å²) in [5.74, 6) is 3.07. The Morgan fingerprint density at radius 3 is 2.75 bits per heavy atom. The topological polar surface area (TPSA) is 17.1 Å². The molecule has 0 aliphatic heterocycles. The Labute approximate surface area is 123 Å². The lowest BCUT2D eigenvalue weighted by atomic mass is 9.48. The van der Waals surface area contributed by atoms with Crippen LogP contribution in [0, 0.1) is 28.6 Å². The Bertz CT molecular complexity index is 476. The van der Waals surface area contributed by atoms with Gasteiger partial charge in [0.15, 0.2) is 5.78 Å². The van der Waals surface area contributed by atoms with Crippen LogP contribution in [0.3, 0.4) is 0 Å². The van der Waals surface area contributed by atoms with Gasteiger partial charge in [-0.3, -0.25) is 4.79 Å². The zero-order valence-electron chi connectivity index (χ0n) is 13.1. The van der Waals surface area contributed by atoms with Crippen molar-refractivity contribution in [1.82, 2.24) is 0 Å². The zero-order valence-corrected chi connectivity index (χ0v) is 13.1. The van der Waals surface area contributed by atoms with Crippen LogP contribution in [-0.2, 0) is 4.79 Å². The number of fused-ring (bicyclic) bond motifs is 5. The second kappa shape index (κ2) is 4.21. The first-order chi connectivity index (χ1) is 9.55. The molecule has 0 aromatic rings. The predicted molar refractivity (Wildman–Crippen MR) is 81.3 cm³/mol. The minimum atomic E-state index is 0.224. The maximum atomic E-state index is 12.3. The Morgan fingerprint density at radius 1 is 1.05 bits per heavy atom. The van der Waals surface area contributed by atoms with E-state index in [1.54, 1.807) is 0 Å². The second-order valence-electron chi connectivity index (χ2n) is 8.51. The van der Waals surface area contributed by atoms with Crippen molar-refractivity contribution in [3.05, 3.63) is 11.6 Å². The fourth-order valence-corrected chi connectivity index (χ4v) is 6.59. The summed E-state index contributed by atoms with van der Waals surface area (Å²) in [5.41, 5.74) is 2.08. The van der Waals surface area contributed by atoms with Gasteiger partial charge in [0.25, 0.3) is 0 Å². The van der Waals surface area contributed by atoms with Gasteiger partial charge in [0.05, 0.1) is 0 Å². The highest BCUT2D eigenvalue weighted by molar-refractivity contribution is 5.97. The maximum Gasteiger partial charge on any atom is 0.159 e. The van der Waals surface area contributed by atoms with E-state index < -0.39 is 0 Å². The first-order valence-corrected chi connectivity index (χ1v) is 8.78. The second-order valence-corrected chi connectivity index (χ2v) is 8.51. The molecule has 3 saturated carbocycles. The van der Waals surface area contributed by atoms with E-state index in [0.29, 0.717) is 11.2 Å². The summed E-state index contributed by atoms with van der Waals surface area (Å²) in [4.78, 5) is 12.3. The molecule has 20 heavy (non-hydrogen) atoms. The highest BCUT2D eigenvalue weighted by Gasteiger charge is 2.56. The van der Waals surface area contributed by atoms with Gasteiger partial charge in [-0.05, 0) is 79.1 Å². The summed E-state index contributed by atoms with van der Waals surface area (Å²) < 4.78 is 0. The molecule has 0 N–H and O–H groups in total. The van der Waals surface area contributed by atoms with Crippen molar-refractivity contribution in [3.63, 3.8) is 0 Å². The molecule has 0 saturated heterocycles.